The smallest absolute Gasteiger partial charge is 0.308 e. The molecule has 1 heterocycles. The highest BCUT2D eigenvalue weighted by Gasteiger charge is 2.06. The number of anilines is 2. The highest BCUT2D eigenvalue weighted by molar-refractivity contribution is 7.15. The fraction of sp³-hybridized carbons (Fsp3) is 0.100. The molecule has 88 valence electrons. The van der Waals surface area contributed by atoms with Crippen LogP contribution >= 0.6 is 11.3 Å². The van der Waals surface area contributed by atoms with Crippen molar-refractivity contribution in [1.82, 2.24) is 10.2 Å². The van der Waals surface area contributed by atoms with Crippen LogP contribution in [-0.4, -0.2) is 16.2 Å². The van der Waals surface area contributed by atoms with Crippen LogP contribution in [0.5, 0.6) is 0 Å². The lowest BCUT2D eigenvalue weighted by molar-refractivity contribution is 0.262. The highest BCUT2D eigenvalue weighted by Crippen LogP contribution is 2.14. The van der Waals surface area contributed by atoms with Gasteiger partial charge in [0, 0.05) is 5.69 Å². The lowest BCUT2D eigenvalue weighted by Crippen LogP contribution is -2.19. The Bertz CT molecular complexity index is 525. The Kier molecular flexibility index (Phi) is 3.29. The molecule has 0 spiro atoms. The zero-order chi connectivity index (χ0) is 12.3. The number of carbonyl (C=O) groups excluding carboxylic acids is 1. The lowest BCUT2D eigenvalue weighted by atomic mass is 10.3. The normalized spacial score (nSPS) is 10.0. The molecule has 0 saturated carbocycles. The molecule has 2 amide bonds. The first-order valence-corrected chi connectivity index (χ1v) is 5.59. The highest BCUT2D eigenvalue weighted by atomic mass is 32.1. The van der Waals surface area contributed by atoms with Crippen molar-refractivity contribution in [3.63, 3.8) is 0 Å². The third kappa shape index (κ3) is 3.22. The van der Waals surface area contributed by atoms with E-state index in [1.807, 2.05) is 0 Å². The van der Waals surface area contributed by atoms with Crippen LogP contribution in [0.15, 0.2) is 24.3 Å². The summed E-state index contributed by atoms with van der Waals surface area (Å²) in [5.41, 5.74) is 0.505. The van der Waals surface area contributed by atoms with E-state index in [2.05, 4.69) is 20.8 Å². The van der Waals surface area contributed by atoms with Crippen molar-refractivity contribution in [2.45, 2.75) is 6.92 Å². The number of carbonyl (C=O) groups is 1. The van der Waals surface area contributed by atoms with Gasteiger partial charge >= 0.3 is 6.03 Å². The predicted octanol–water partition coefficient (Wildman–Crippen LogP) is 2.63. The molecule has 0 fully saturated rings. The summed E-state index contributed by atoms with van der Waals surface area (Å²) in [5.74, 6) is -0.351. The summed E-state index contributed by atoms with van der Waals surface area (Å²) in [6, 6.07) is 5.04. The molecule has 2 rings (SSSR count). The minimum absolute atomic E-state index is 0.351. The van der Waals surface area contributed by atoms with Gasteiger partial charge < -0.3 is 5.32 Å². The van der Waals surface area contributed by atoms with Crippen LogP contribution in [0.25, 0.3) is 0 Å². The predicted molar refractivity (Wildman–Crippen MR) is 63.7 cm³/mol. The third-order valence-corrected chi connectivity index (χ3v) is 2.60. The Morgan fingerprint density at radius 1 is 1.24 bits per heavy atom. The van der Waals surface area contributed by atoms with Gasteiger partial charge in [-0.15, -0.1) is 10.2 Å². The third-order valence-electron chi connectivity index (χ3n) is 1.85. The van der Waals surface area contributed by atoms with Crippen molar-refractivity contribution < 1.29 is 9.18 Å². The Morgan fingerprint density at radius 3 is 2.53 bits per heavy atom. The standard InChI is InChI=1S/C10H9FN4OS/c1-6-14-15-10(17-6)13-9(16)12-8-4-2-7(11)3-5-8/h2-5H,1H3,(H2,12,13,15,16). The van der Waals surface area contributed by atoms with Gasteiger partial charge in [0.25, 0.3) is 0 Å². The van der Waals surface area contributed by atoms with E-state index in [1.54, 1.807) is 6.92 Å². The Hall–Kier alpha value is -2.02. The molecule has 0 aliphatic heterocycles. The number of halogens is 1. The van der Waals surface area contributed by atoms with Gasteiger partial charge in [-0.1, -0.05) is 11.3 Å². The van der Waals surface area contributed by atoms with E-state index in [9.17, 15) is 9.18 Å². The fourth-order valence-corrected chi connectivity index (χ4v) is 1.73. The van der Waals surface area contributed by atoms with Crippen molar-refractivity contribution >= 4 is 28.2 Å². The van der Waals surface area contributed by atoms with E-state index >= 15 is 0 Å². The van der Waals surface area contributed by atoms with Crippen LogP contribution in [0.4, 0.5) is 20.0 Å². The summed E-state index contributed by atoms with van der Waals surface area (Å²) < 4.78 is 12.6. The maximum atomic E-state index is 12.6. The number of aryl methyl sites for hydroxylation is 1. The second-order valence-electron chi connectivity index (χ2n) is 3.21. The van der Waals surface area contributed by atoms with Crippen LogP contribution in [0.2, 0.25) is 0 Å². The number of hydrogen-bond acceptors (Lipinski definition) is 4. The first-order chi connectivity index (χ1) is 8.13. The SMILES string of the molecule is Cc1nnc(NC(=O)Nc2ccc(F)cc2)s1. The van der Waals surface area contributed by atoms with E-state index in [0.717, 1.165) is 5.01 Å². The van der Waals surface area contributed by atoms with Crippen LogP contribution in [0.3, 0.4) is 0 Å². The van der Waals surface area contributed by atoms with Gasteiger partial charge in [-0.25, -0.2) is 9.18 Å². The molecule has 0 aliphatic carbocycles. The van der Waals surface area contributed by atoms with E-state index < -0.39 is 6.03 Å². The summed E-state index contributed by atoms with van der Waals surface area (Å²) in [5, 5.41) is 13.8. The molecule has 7 heteroatoms. The number of urea groups is 1. The average molecular weight is 252 g/mol. The monoisotopic (exact) mass is 252 g/mol. The first-order valence-electron chi connectivity index (χ1n) is 4.77. The number of hydrogen-bond donors (Lipinski definition) is 2. The largest absolute Gasteiger partial charge is 0.325 e. The molecular weight excluding hydrogens is 243 g/mol. The number of amides is 2. The number of rotatable bonds is 2. The zero-order valence-electron chi connectivity index (χ0n) is 8.90. The summed E-state index contributed by atoms with van der Waals surface area (Å²) in [6.07, 6.45) is 0. The molecule has 0 saturated heterocycles. The topological polar surface area (TPSA) is 66.9 Å². The Morgan fingerprint density at radius 2 is 1.94 bits per heavy atom. The van der Waals surface area contributed by atoms with E-state index in [4.69, 9.17) is 0 Å². The Labute approximate surface area is 101 Å². The van der Waals surface area contributed by atoms with Gasteiger partial charge in [0.2, 0.25) is 5.13 Å². The summed E-state index contributed by atoms with van der Waals surface area (Å²) in [7, 11) is 0. The number of aromatic nitrogens is 2. The van der Waals surface area contributed by atoms with Crippen molar-refractivity contribution in [3.05, 3.63) is 35.1 Å². The van der Waals surface area contributed by atoms with Crippen molar-refractivity contribution in [1.29, 1.82) is 0 Å². The molecule has 1 aromatic heterocycles. The van der Waals surface area contributed by atoms with Gasteiger partial charge in [0.05, 0.1) is 0 Å². The second-order valence-corrected chi connectivity index (χ2v) is 4.39. The van der Waals surface area contributed by atoms with Crippen LogP contribution < -0.4 is 10.6 Å². The summed E-state index contributed by atoms with van der Waals surface area (Å²) in [6.45, 7) is 1.79. The molecule has 2 aromatic rings. The van der Waals surface area contributed by atoms with Crippen LogP contribution in [0.1, 0.15) is 5.01 Å². The number of nitrogens with zero attached hydrogens (tertiary/aromatic N) is 2. The van der Waals surface area contributed by atoms with Crippen LogP contribution in [0, 0.1) is 12.7 Å². The molecule has 0 bridgehead atoms. The molecule has 17 heavy (non-hydrogen) atoms. The maximum absolute atomic E-state index is 12.6. The lowest BCUT2D eigenvalue weighted by Gasteiger charge is -2.04. The molecule has 0 unspecified atom stereocenters. The molecule has 5 nitrogen and oxygen atoms in total. The zero-order valence-corrected chi connectivity index (χ0v) is 9.71. The molecule has 0 radical (unpaired) electrons. The average Bonchev–Trinajstić information content (AvgIpc) is 2.67. The first kappa shape index (κ1) is 11.5. The van der Waals surface area contributed by atoms with Crippen molar-refractivity contribution in [2.75, 3.05) is 10.6 Å². The number of nitrogens with one attached hydrogen (secondary N) is 2. The van der Waals surface area contributed by atoms with Gasteiger partial charge in [0.1, 0.15) is 10.8 Å². The molecule has 2 N–H and O–H groups in total. The van der Waals surface area contributed by atoms with E-state index in [1.165, 1.54) is 35.6 Å². The van der Waals surface area contributed by atoms with Gasteiger partial charge in [-0.3, -0.25) is 5.32 Å². The van der Waals surface area contributed by atoms with E-state index in [-0.39, 0.29) is 5.82 Å². The quantitative estimate of drug-likeness (QED) is 0.863. The molecule has 0 aliphatic rings. The maximum Gasteiger partial charge on any atom is 0.325 e. The minimum Gasteiger partial charge on any atom is -0.308 e. The molecular formula is C10H9FN4OS. The second kappa shape index (κ2) is 4.88. The molecule has 1 aromatic carbocycles. The molecule has 0 atom stereocenters. The fourth-order valence-electron chi connectivity index (χ4n) is 1.14. The number of benzene rings is 1. The summed E-state index contributed by atoms with van der Waals surface area (Å²) >= 11 is 1.27. The van der Waals surface area contributed by atoms with Gasteiger partial charge in [-0.2, -0.15) is 0 Å². The van der Waals surface area contributed by atoms with Crippen molar-refractivity contribution in [2.24, 2.45) is 0 Å². The Balaban J connectivity index is 1.95. The van der Waals surface area contributed by atoms with Gasteiger partial charge in [0.15, 0.2) is 0 Å². The van der Waals surface area contributed by atoms with Crippen molar-refractivity contribution in [3.8, 4) is 0 Å². The van der Waals surface area contributed by atoms with E-state index in [0.29, 0.717) is 10.8 Å². The van der Waals surface area contributed by atoms with Crippen LogP contribution in [-0.2, 0) is 0 Å². The summed E-state index contributed by atoms with van der Waals surface area (Å²) in [4.78, 5) is 11.5. The van der Waals surface area contributed by atoms with Gasteiger partial charge in [-0.05, 0) is 31.2 Å². The minimum atomic E-state index is -0.437.